The molecule has 0 radical (unpaired) electrons. The lowest BCUT2D eigenvalue weighted by Gasteiger charge is -2.07. The summed E-state index contributed by atoms with van der Waals surface area (Å²) in [7, 11) is 0. The van der Waals surface area contributed by atoms with E-state index in [9.17, 15) is 13.6 Å². The SMILES string of the molecule is N#C/C(=C\c1ccc(F)c(F)c1)C(=O)Nc1cc(Cl)ccc1Cl. The van der Waals surface area contributed by atoms with Crippen LogP contribution in [0.4, 0.5) is 14.5 Å². The molecule has 0 aliphatic rings. The Morgan fingerprint density at radius 3 is 2.52 bits per heavy atom. The first-order valence-electron chi connectivity index (χ1n) is 6.24. The molecule has 0 aromatic heterocycles. The molecule has 7 heteroatoms. The molecule has 116 valence electrons. The van der Waals surface area contributed by atoms with Gasteiger partial charge in [0.05, 0.1) is 10.7 Å². The van der Waals surface area contributed by atoms with Crippen LogP contribution in [-0.4, -0.2) is 5.91 Å². The van der Waals surface area contributed by atoms with E-state index >= 15 is 0 Å². The van der Waals surface area contributed by atoms with Crippen LogP contribution in [0.15, 0.2) is 42.0 Å². The third-order valence-corrected chi connectivity index (χ3v) is 3.36. The van der Waals surface area contributed by atoms with E-state index in [4.69, 9.17) is 28.5 Å². The smallest absolute Gasteiger partial charge is 0.266 e. The van der Waals surface area contributed by atoms with Gasteiger partial charge in [-0.1, -0.05) is 29.3 Å². The number of hydrogen-bond donors (Lipinski definition) is 1. The van der Waals surface area contributed by atoms with E-state index in [1.54, 1.807) is 12.1 Å². The zero-order chi connectivity index (χ0) is 17.0. The van der Waals surface area contributed by atoms with Crippen molar-refractivity contribution in [1.82, 2.24) is 0 Å². The molecule has 2 rings (SSSR count). The summed E-state index contributed by atoms with van der Waals surface area (Å²) in [6, 6.07) is 9.19. The van der Waals surface area contributed by atoms with E-state index in [-0.39, 0.29) is 21.8 Å². The Balaban J connectivity index is 2.28. The number of anilines is 1. The van der Waals surface area contributed by atoms with E-state index in [0.29, 0.717) is 5.02 Å². The van der Waals surface area contributed by atoms with Crippen molar-refractivity contribution < 1.29 is 13.6 Å². The standard InChI is InChI=1S/C16H8Cl2F2N2O/c17-11-2-3-12(18)15(7-11)22-16(23)10(8-21)5-9-1-4-13(19)14(20)6-9/h1-7H,(H,22,23)/b10-5+. The van der Waals surface area contributed by atoms with Crippen LogP contribution in [0.5, 0.6) is 0 Å². The lowest BCUT2D eigenvalue weighted by molar-refractivity contribution is -0.112. The molecular weight excluding hydrogens is 345 g/mol. The van der Waals surface area contributed by atoms with Crippen LogP contribution >= 0.6 is 23.2 Å². The number of benzene rings is 2. The zero-order valence-corrected chi connectivity index (χ0v) is 12.9. The second-order valence-electron chi connectivity index (χ2n) is 4.42. The average Bonchev–Trinajstić information content (AvgIpc) is 2.51. The fraction of sp³-hybridized carbons (Fsp3) is 0. The van der Waals surface area contributed by atoms with Crippen molar-refractivity contribution in [3.63, 3.8) is 0 Å². The first kappa shape index (κ1) is 16.9. The molecule has 0 fully saturated rings. The number of carbonyl (C=O) groups is 1. The van der Waals surface area contributed by atoms with Crippen LogP contribution in [0.1, 0.15) is 5.56 Å². The number of amides is 1. The molecule has 23 heavy (non-hydrogen) atoms. The lowest BCUT2D eigenvalue weighted by Crippen LogP contribution is -2.13. The Labute approximate surface area is 140 Å². The molecule has 0 saturated heterocycles. The predicted octanol–water partition coefficient (Wildman–Crippen LogP) is 4.82. The minimum absolute atomic E-state index is 0.174. The number of halogens is 4. The zero-order valence-electron chi connectivity index (χ0n) is 11.4. The normalized spacial score (nSPS) is 11.0. The van der Waals surface area contributed by atoms with Crippen molar-refractivity contribution in [3.8, 4) is 6.07 Å². The van der Waals surface area contributed by atoms with Gasteiger partial charge in [-0.05, 0) is 42.0 Å². The van der Waals surface area contributed by atoms with E-state index in [1.807, 2.05) is 0 Å². The Bertz CT molecular complexity index is 844. The van der Waals surface area contributed by atoms with Crippen LogP contribution in [0, 0.1) is 23.0 Å². The molecule has 1 amide bonds. The molecule has 0 atom stereocenters. The van der Waals surface area contributed by atoms with Crippen molar-refractivity contribution >= 4 is 40.9 Å². The van der Waals surface area contributed by atoms with Crippen LogP contribution in [-0.2, 0) is 4.79 Å². The average molecular weight is 353 g/mol. The molecule has 0 bridgehead atoms. The van der Waals surface area contributed by atoms with E-state index in [2.05, 4.69) is 5.32 Å². The summed E-state index contributed by atoms with van der Waals surface area (Å²) in [5.74, 6) is -2.84. The Kier molecular flexibility index (Phi) is 5.32. The number of rotatable bonds is 3. The molecule has 1 N–H and O–H groups in total. The largest absolute Gasteiger partial charge is 0.320 e. The maximum Gasteiger partial charge on any atom is 0.266 e. The number of carbonyl (C=O) groups excluding carboxylic acids is 1. The predicted molar refractivity (Wildman–Crippen MR) is 85.0 cm³/mol. The van der Waals surface area contributed by atoms with E-state index in [0.717, 1.165) is 18.2 Å². The van der Waals surface area contributed by atoms with Crippen molar-refractivity contribution in [2.45, 2.75) is 0 Å². The summed E-state index contributed by atoms with van der Waals surface area (Å²) in [5, 5.41) is 12.1. The van der Waals surface area contributed by atoms with Gasteiger partial charge >= 0.3 is 0 Å². The van der Waals surface area contributed by atoms with Gasteiger partial charge < -0.3 is 5.32 Å². The monoisotopic (exact) mass is 352 g/mol. The molecule has 0 unspecified atom stereocenters. The molecule has 0 aliphatic carbocycles. The summed E-state index contributed by atoms with van der Waals surface area (Å²) >= 11 is 11.7. The van der Waals surface area contributed by atoms with Crippen LogP contribution < -0.4 is 5.32 Å². The highest BCUT2D eigenvalue weighted by Gasteiger charge is 2.12. The summed E-state index contributed by atoms with van der Waals surface area (Å²) in [5.41, 5.74) is 0.107. The third kappa shape index (κ3) is 4.28. The van der Waals surface area contributed by atoms with E-state index in [1.165, 1.54) is 18.2 Å². The van der Waals surface area contributed by atoms with Gasteiger partial charge in [-0.25, -0.2) is 8.78 Å². The maximum absolute atomic E-state index is 13.2. The van der Waals surface area contributed by atoms with Gasteiger partial charge in [0.1, 0.15) is 11.6 Å². The molecule has 2 aromatic rings. The lowest BCUT2D eigenvalue weighted by atomic mass is 10.1. The second-order valence-corrected chi connectivity index (χ2v) is 5.27. The summed E-state index contributed by atoms with van der Waals surface area (Å²) in [4.78, 5) is 12.1. The highest BCUT2D eigenvalue weighted by Crippen LogP contribution is 2.26. The first-order valence-corrected chi connectivity index (χ1v) is 6.99. The minimum Gasteiger partial charge on any atom is -0.320 e. The van der Waals surface area contributed by atoms with Crippen molar-refractivity contribution in [2.75, 3.05) is 5.32 Å². The molecule has 3 nitrogen and oxygen atoms in total. The summed E-state index contributed by atoms with van der Waals surface area (Å²) in [6.07, 6.45) is 1.14. The number of nitrogens with zero attached hydrogens (tertiary/aromatic N) is 1. The summed E-state index contributed by atoms with van der Waals surface area (Å²) < 4.78 is 26.0. The van der Waals surface area contributed by atoms with Gasteiger partial charge in [-0.15, -0.1) is 0 Å². The van der Waals surface area contributed by atoms with E-state index < -0.39 is 17.5 Å². The Morgan fingerprint density at radius 1 is 1.13 bits per heavy atom. The second kappa shape index (κ2) is 7.23. The van der Waals surface area contributed by atoms with Gasteiger partial charge in [0.15, 0.2) is 11.6 Å². The molecule has 0 heterocycles. The maximum atomic E-state index is 13.2. The van der Waals surface area contributed by atoms with Gasteiger partial charge in [-0.2, -0.15) is 5.26 Å². The number of hydrogen-bond acceptors (Lipinski definition) is 2. The Morgan fingerprint density at radius 2 is 1.87 bits per heavy atom. The fourth-order valence-electron chi connectivity index (χ4n) is 1.70. The van der Waals surface area contributed by atoms with Crippen LogP contribution in [0.3, 0.4) is 0 Å². The third-order valence-electron chi connectivity index (χ3n) is 2.80. The van der Waals surface area contributed by atoms with Crippen molar-refractivity contribution in [1.29, 1.82) is 5.26 Å². The topological polar surface area (TPSA) is 52.9 Å². The first-order chi connectivity index (χ1) is 10.9. The molecule has 0 spiro atoms. The fourth-order valence-corrected chi connectivity index (χ4v) is 2.04. The number of nitriles is 1. The highest BCUT2D eigenvalue weighted by molar-refractivity contribution is 6.36. The van der Waals surface area contributed by atoms with Gasteiger partial charge in [0, 0.05) is 5.02 Å². The minimum atomic E-state index is -1.07. The molecule has 2 aromatic carbocycles. The Hall–Kier alpha value is -2.42. The van der Waals surface area contributed by atoms with Gasteiger partial charge in [0.25, 0.3) is 5.91 Å². The van der Waals surface area contributed by atoms with Crippen molar-refractivity contribution in [2.24, 2.45) is 0 Å². The number of nitrogens with one attached hydrogen (secondary N) is 1. The molecule has 0 saturated carbocycles. The quantitative estimate of drug-likeness (QED) is 0.636. The van der Waals surface area contributed by atoms with Crippen molar-refractivity contribution in [3.05, 3.63) is 69.2 Å². The summed E-state index contributed by atoms with van der Waals surface area (Å²) in [6.45, 7) is 0. The van der Waals surface area contributed by atoms with Crippen LogP contribution in [0.25, 0.3) is 6.08 Å². The molecule has 0 aliphatic heterocycles. The van der Waals surface area contributed by atoms with Crippen LogP contribution in [0.2, 0.25) is 10.0 Å². The molecular formula is C16H8Cl2F2N2O. The highest BCUT2D eigenvalue weighted by atomic mass is 35.5. The van der Waals surface area contributed by atoms with Gasteiger partial charge in [0.2, 0.25) is 0 Å². The van der Waals surface area contributed by atoms with Gasteiger partial charge in [-0.3, -0.25) is 4.79 Å².